The molecular weight excluding hydrogens is 527 g/mol. The van der Waals surface area contributed by atoms with Crippen LogP contribution in [-0.2, 0) is 11.3 Å². The highest BCUT2D eigenvalue weighted by atomic mass is 127. The molecule has 1 aromatic carbocycles. The number of guanidine groups is 1. The molecule has 0 radical (unpaired) electrons. The molecule has 0 unspecified atom stereocenters. The van der Waals surface area contributed by atoms with Crippen molar-refractivity contribution in [3.05, 3.63) is 42.0 Å². The van der Waals surface area contributed by atoms with Crippen LogP contribution in [0.5, 0.6) is 0 Å². The van der Waals surface area contributed by atoms with E-state index >= 15 is 0 Å². The Balaban J connectivity index is 0.00000306. The minimum atomic E-state index is 0. The van der Waals surface area contributed by atoms with Gasteiger partial charge in [0.1, 0.15) is 0 Å². The van der Waals surface area contributed by atoms with Crippen LogP contribution in [0.2, 0.25) is 0 Å². The molecule has 0 aliphatic carbocycles. The van der Waals surface area contributed by atoms with Gasteiger partial charge in [0.15, 0.2) is 5.96 Å². The van der Waals surface area contributed by atoms with E-state index in [-0.39, 0.29) is 24.0 Å². The molecule has 4 rings (SSSR count). The lowest BCUT2D eigenvalue weighted by molar-refractivity contribution is -0.133. The second kappa shape index (κ2) is 13.2. The highest BCUT2D eigenvalue weighted by Gasteiger charge is 2.24. The largest absolute Gasteiger partial charge is 0.364 e. The molecule has 0 atom stereocenters. The van der Waals surface area contributed by atoms with Crippen molar-refractivity contribution in [3.63, 3.8) is 0 Å². The monoisotopic (exact) mass is 566 g/mol. The topological polar surface area (TPSA) is 54.4 Å². The summed E-state index contributed by atoms with van der Waals surface area (Å²) in [4.78, 5) is 26.5. The van der Waals surface area contributed by atoms with Crippen LogP contribution in [0, 0.1) is 0 Å². The van der Waals surface area contributed by atoms with E-state index in [9.17, 15) is 4.79 Å². The fourth-order valence-electron chi connectivity index (χ4n) is 4.65. The number of anilines is 1. The Kier molecular flexibility index (Phi) is 10.3. The van der Waals surface area contributed by atoms with Gasteiger partial charge in [-0.15, -0.1) is 24.0 Å². The summed E-state index contributed by atoms with van der Waals surface area (Å²) < 4.78 is 0. The third-order valence-corrected chi connectivity index (χ3v) is 6.61. The highest BCUT2D eigenvalue weighted by molar-refractivity contribution is 14.0. The summed E-state index contributed by atoms with van der Waals surface area (Å²) in [5, 5.41) is 3.45. The van der Waals surface area contributed by atoms with Gasteiger partial charge in [0.2, 0.25) is 5.91 Å². The molecule has 1 amide bonds. The lowest BCUT2D eigenvalue weighted by Crippen LogP contribution is -2.54. The van der Waals surface area contributed by atoms with Gasteiger partial charge in [0.25, 0.3) is 0 Å². The molecule has 3 heterocycles. The minimum absolute atomic E-state index is 0. The predicted octanol–water partition coefficient (Wildman–Crippen LogP) is 2.78. The van der Waals surface area contributed by atoms with Crippen LogP contribution >= 0.6 is 24.0 Å². The summed E-state index contributed by atoms with van der Waals surface area (Å²) in [6.45, 7) is 11.7. The molecule has 2 saturated heterocycles. The number of likely N-dealkylation sites (tertiary alicyclic amines) is 1. The maximum atomic E-state index is 12.6. The third-order valence-electron chi connectivity index (χ3n) is 6.61. The number of hydrogen-bond acceptors (Lipinski definition) is 4. The quantitative estimate of drug-likeness (QED) is 0.249. The lowest BCUT2D eigenvalue weighted by atomic mass is 10.1. The third kappa shape index (κ3) is 7.34. The molecule has 8 heteroatoms. The lowest BCUT2D eigenvalue weighted by Gasteiger charge is -2.37. The number of hydrogen-bond donors (Lipinski definition) is 1. The Hall–Kier alpha value is -1.81. The summed E-state index contributed by atoms with van der Waals surface area (Å²) in [5.41, 5.74) is 2.49. The number of nitrogens with one attached hydrogen (secondary N) is 1. The van der Waals surface area contributed by atoms with Crippen molar-refractivity contribution in [3.8, 4) is 0 Å². The van der Waals surface area contributed by atoms with Crippen LogP contribution in [0.3, 0.4) is 0 Å². The fraction of sp³-hybridized carbons (Fsp3) is 0.600. The van der Waals surface area contributed by atoms with Crippen molar-refractivity contribution in [2.75, 3.05) is 70.3 Å². The van der Waals surface area contributed by atoms with E-state index in [2.05, 4.69) is 63.4 Å². The Labute approximate surface area is 215 Å². The van der Waals surface area contributed by atoms with Gasteiger partial charge in [-0.3, -0.25) is 9.69 Å². The SMILES string of the molecule is CCNC(=NCc1ccc(N2CC=CC2)cc1)N1CCN(CC(=O)N2CCCCC2)CC1.I. The van der Waals surface area contributed by atoms with Crippen molar-refractivity contribution < 1.29 is 4.79 Å². The molecule has 0 aromatic heterocycles. The second-order valence-electron chi connectivity index (χ2n) is 8.92. The molecule has 1 aromatic rings. The summed E-state index contributed by atoms with van der Waals surface area (Å²) >= 11 is 0. The van der Waals surface area contributed by atoms with Gasteiger partial charge in [-0.05, 0) is 43.9 Å². The zero-order chi connectivity index (χ0) is 22.2. The average molecular weight is 567 g/mol. The summed E-state index contributed by atoms with van der Waals surface area (Å²) in [6.07, 6.45) is 7.99. The fourth-order valence-corrected chi connectivity index (χ4v) is 4.65. The van der Waals surface area contributed by atoms with Crippen molar-refractivity contribution in [1.29, 1.82) is 0 Å². The first-order valence-corrected chi connectivity index (χ1v) is 12.2. The molecular formula is C25H39IN6O. The maximum Gasteiger partial charge on any atom is 0.236 e. The van der Waals surface area contributed by atoms with Crippen LogP contribution in [0.1, 0.15) is 31.7 Å². The molecule has 0 bridgehead atoms. The van der Waals surface area contributed by atoms with Crippen LogP contribution < -0.4 is 10.2 Å². The molecule has 3 aliphatic rings. The highest BCUT2D eigenvalue weighted by Crippen LogP contribution is 2.18. The van der Waals surface area contributed by atoms with E-state index in [1.54, 1.807) is 0 Å². The number of rotatable bonds is 6. The van der Waals surface area contributed by atoms with Crippen molar-refractivity contribution in [1.82, 2.24) is 20.0 Å². The first-order valence-electron chi connectivity index (χ1n) is 12.2. The van der Waals surface area contributed by atoms with E-state index in [0.29, 0.717) is 19.0 Å². The van der Waals surface area contributed by atoms with Gasteiger partial charge < -0.3 is 20.0 Å². The van der Waals surface area contributed by atoms with E-state index in [4.69, 9.17) is 4.99 Å². The first kappa shape index (κ1) is 25.8. The molecule has 33 heavy (non-hydrogen) atoms. The number of benzene rings is 1. The van der Waals surface area contributed by atoms with E-state index in [1.807, 2.05) is 4.90 Å². The van der Waals surface area contributed by atoms with Gasteiger partial charge in [-0.25, -0.2) is 4.99 Å². The molecule has 1 N–H and O–H groups in total. The zero-order valence-electron chi connectivity index (χ0n) is 19.9. The normalized spacial score (nSPS) is 19.5. The number of piperazine rings is 1. The van der Waals surface area contributed by atoms with E-state index in [0.717, 1.165) is 77.7 Å². The summed E-state index contributed by atoms with van der Waals surface area (Å²) in [7, 11) is 0. The molecule has 3 aliphatic heterocycles. The molecule has 182 valence electrons. The Morgan fingerprint density at radius 3 is 2.21 bits per heavy atom. The molecule has 2 fully saturated rings. The van der Waals surface area contributed by atoms with Gasteiger partial charge >= 0.3 is 0 Å². The molecule has 7 nitrogen and oxygen atoms in total. The van der Waals surface area contributed by atoms with Gasteiger partial charge in [0.05, 0.1) is 13.1 Å². The average Bonchev–Trinajstić information content (AvgIpc) is 3.38. The zero-order valence-corrected chi connectivity index (χ0v) is 22.2. The molecule has 0 spiro atoms. The van der Waals surface area contributed by atoms with Crippen LogP contribution in [0.15, 0.2) is 41.4 Å². The Morgan fingerprint density at radius 1 is 0.909 bits per heavy atom. The van der Waals surface area contributed by atoms with Crippen LogP contribution in [-0.4, -0.2) is 92.0 Å². The van der Waals surface area contributed by atoms with E-state index in [1.165, 1.54) is 17.7 Å². The number of carbonyl (C=O) groups excluding carboxylic acids is 1. The number of halogens is 1. The standard InChI is InChI=1S/C25H38N6O.HI/c1-2-26-25(27-20-22-8-10-23(11-9-22)29-12-6-7-13-29)31-18-16-28(17-19-31)21-24(32)30-14-4-3-5-15-30;/h6-11H,2-5,12-21H2,1H3,(H,26,27);1H. The van der Waals surface area contributed by atoms with Gasteiger partial charge in [-0.2, -0.15) is 0 Å². The van der Waals surface area contributed by atoms with E-state index < -0.39 is 0 Å². The summed E-state index contributed by atoms with van der Waals surface area (Å²) in [6, 6.07) is 8.77. The van der Waals surface area contributed by atoms with Crippen molar-refractivity contribution in [2.45, 2.75) is 32.7 Å². The van der Waals surface area contributed by atoms with Crippen molar-refractivity contribution >= 4 is 41.5 Å². The smallest absolute Gasteiger partial charge is 0.236 e. The number of nitrogens with zero attached hydrogens (tertiary/aromatic N) is 5. The Morgan fingerprint density at radius 2 is 1.58 bits per heavy atom. The van der Waals surface area contributed by atoms with Crippen LogP contribution in [0.4, 0.5) is 5.69 Å². The minimum Gasteiger partial charge on any atom is -0.364 e. The predicted molar refractivity (Wildman–Crippen MR) is 146 cm³/mol. The second-order valence-corrected chi connectivity index (χ2v) is 8.92. The number of piperidine rings is 1. The Bertz CT molecular complexity index is 790. The first-order chi connectivity index (χ1) is 15.7. The van der Waals surface area contributed by atoms with Gasteiger partial charge in [0, 0.05) is 64.6 Å². The maximum absolute atomic E-state index is 12.6. The summed E-state index contributed by atoms with van der Waals surface area (Å²) in [5.74, 6) is 1.27. The van der Waals surface area contributed by atoms with Gasteiger partial charge in [-0.1, -0.05) is 24.3 Å². The van der Waals surface area contributed by atoms with Crippen molar-refractivity contribution in [2.24, 2.45) is 4.99 Å². The van der Waals surface area contributed by atoms with Crippen LogP contribution in [0.25, 0.3) is 0 Å². The molecule has 0 saturated carbocycles. The number of carbonyl (C=O) groups is 1. The number of amides is 1. The number of aliphatic imine (C=N–C) groups is 1.